The molecule has 9 aromatic carbocycles. The number of hydrogen-bond acceptors (Lipinski definition) is 3. The Kier molecular flexibility index (Phi) is 6.56. The minimum Gasteiger partial charge on any atom is -0.309 e. The van der Waals surface area contributed by atoms with Crippen LogP contribution < -0.4 is 0 Å². The fourth-order valence-corrected chi connectivity index (χ4v) is 9.05. The Morgan fingerprint density at radius 2 is 0.679 bits per heavy atom. The number of hydrogen-bond donors (Lipinski definition) is 0. The van der Waals surface area contributed by atoms with E-state index in [9.17, 15) is 0 Å². The van der Waals surface area contributed by atoms with Crippen molar-refractivity contribution in [1.82, 2.24) is 24.1 Å². The van der Waals surface area contributed by atoms with E-state index in [2.05, 4.69) is 161 Å². The third kappa shape index (κ3) is 4.34. The second-order valence-electron chi connectivity index (χ2n) is 14.3. The summed E-state index contributed by atoms with van der Waals surface area (Å²) >= 11 is 0. The van der Waals surface area contributed by atoms with Gasteiger partial charge in [0, 0.05) is 54.5 Å². The fourth-order valence-electron chi connectivity index (χ4n) is 9.05. The maximum atomic E-state index is 5.30. The number of fused-ring (bicyclic) bond motifs is 15. The molecule has 5 nitrogen and oxygen atoms in total. The molecule has 12 aromatic rings. The Balaban J connectivity index is 1.35. The van der Waals surface area contributed by atoms with Gasteiger partial charge < -0.3 is 4.57 Å². The lowest BCUT2D eigenvalue weighted by molar-refractivity contribution is 0.955. The maximum absolute atomic E-state index is 5.30. The molecule has 0 aliphatic carbocycles. The van der Waals surface area contributed by atoms with Crippen LogP contribution in [0.1, 0.15) is 0 Å². The van der Waals surface area contributed by atoms with Crippen LogP contribution in [0.4, 0.5) is 0 Å². The van der Waals surface area contributed by atoms with Gasteiger partial charge in [-0.3, -0.25) is 4.57 Å². The Morgan fingerprint density at radius 1 is 0.286 bits per heavy atom. The molecule has 3 aromatic heterocycles. The summed E-state index contributed by atoms with van der Waals surface area (Å²) < 4.78 is 4.74. The van der Waals surface area contributed by atoms with Gasteiger partial charge in [0.2, 0.25) is 5.95 Å². The summed E-state index contributed by atoms with van der Waals surface area (Å²) in [6.45, 7) is 0. The van der Waals surface area contributed by atoms with E-state index in [4.69, 9.17) is 15.0 Å². The van der Waals surface area contributed by atoms with Crippen molar-refractivity contribution in [1.29, 1.82) is 0 Å². The summed E-state index contributed by atoms with van der Waals surface area (Å²) in [5.41, 5.74) is 7.50. The lowest BCUT2D eigenvalue weighted by Crippen LogP contribution is -2.06. The largest absolute Gasteiger partial charge is 0.309 e. The standard InChI is InChI=1S/C51H31N5/c1-4-18-32(19-5-1)49-52-50(33-20-6-2-7-21-33)54-51(53-49)56-42-31-17-15-29-40(42)45-46-43(36-25-11-13-27-38(36)48(45)56)35-24-10-12-26-37(35)47-44(46)39-28-14-16-30-41(39)55(47)34-22-8-3-9-23-34/h1-31H. The van der Waals surface area contributed by atoms with Crippen molar-refractivity contribution in [2.24, 2.45) is 0 Å². The average Bonchev–Trinajstić information content (AvgIpc) is 3.81. The van der Waals surface area contributed by atoms with Crippen LogP contribution in [0.3, 0.4) is 0 Å². The van der Waals surface area contributed by atoms with Crippen LogP contribution in [0.5, 0.6) is 0 Å². The zero-order valence-corrected chi connectivity index (χ0v) is 30.1. The number of benzene rings is 9. The predicted molar refractivity (Wildman–Crippen MR) is 232 cm³/mol. The van der Waals surface area contributed by atoms with Crippen molar-refractivity contribution in [3.8, 4) is 34.4 Å². The minimum absolute atomic E-state index is 0.581. The van der Waals surface area contributed by atoms with Gasteiger partial charge in [0.05, 0.1) is 22.1 Å². The van der Waals surface area contributed by atoms with E-state index < -0.39 is 0 Å². The molecule has 0 spiro atoms. The molecule has 12 rings (SSSR count). The zero-order chi connectivity index (χ0) is 36.7. The molecule has 0 radical (unpaired) electrons. The quantitative estimate of drug-likeness (QED) is 0.171. The molecule has 0 N–H and O–H groups in total. The summed E-state index contributed by atoms with van der Waals surface area (Å²) in [4.78, 5) is 15.7. The summed E-state index contributed by atoms with van der Waals surface area (Å²) in [5.74, 6) is 1.84. The molecule has 3 heterocycles. The summed E-state index contributed by atoms with van der Waals surface area (Å²) in [6.07, 6.45) is 0. The zero-order valence-electron chi connectivity index (χ0n) is 30.1. The molecule has 0 saturated heterocycles. The molecule has 5 heteroatoms. The van der Waals surface area contributed by atoms with E-state index in [-0.39, 0.29) is 0 Å². The van der Waals surface area contributed by atoms with Gasteiger partial charge in [0.15, 0.2) is 11.6 Å². The van der Waals surface area contributed by atoms with E-state index in [0.717, 1.165) is 38.6 Å². The Bertz CT molecular complexity index is 3450. The molecule has 0 atom stereocenters. The lowest BCUT2D eigenvalue weighted by atomic mass is 9.89. The molecule has 56 heavy (non-hydrogen) atoms. The maximum Gasteiger partial charge on any atom is 0.238 e. The van der Waals surface area contributed by atoms with Gasteiger partial charge in [-0.15, -0.1) is 0 Å². The molecule has 0 fully saturated rings. The molecule has 0 saturated carbocycles. The van der Waals surface area contributed by atoms with Crippen LogP contribution in [0, 0.1) is 0 Å². The van der Waals surface area contributed by atoms with Gasteiger partial charge in [-0.25, -0.2) is 4.98 Å². The van der Waals surface area contributed by atoms with Crippen LogP contribution in [0.15, 0.2) is 188 Å². The van der Waals surface area contributed by atoms with Gasteiger partial charge >= 0.3 is 0 Å². The normalized spacial score (nSPS) is 11.9. The molecular formula is C51H31N5. The van der Waals surface area contributed by atoms with Crippen molar-refractivity contribution in [3.63, 3.8) is 0 Å². The smallest absolute Gasteiger partial charge is 0.238 e. The first-order chi connectivity index (χ1) is 27.8. The van der Waals surface area contributed by atoms with Crippen molar-refractivity contribution >= 4 is 75.9 Å². The highest BCUT2D eigenvalue weighted by molar-refractivity contribution is 6.45. The van der Waals surface area contributed by atoms with Crippen LogP contribution in [-0.4, -0.2) is 24.1 Å². The molecule has 260 valence electrons. The highest BCUT2D eigenvalue weighted by atomic mass is 15.2. The van der Waals surface area contributed by atoms with Gasteiger partial charge in [-0.1, -0.05) is 164 Å². The van der Waals surface area contributed by atoms with E-state index in [1.54, 1.807) is 0 Å². The molecule has 0 aliphatic heterocycles. The average molecular weight is 714 g/mol. The van der Waals surface area contributed by atoms with E-state index in [0.29, 0.717) is 17.6 Å². The van der Waals surface area contributed by atoms with Gasteiger partial charge in [-0.05, 0) is 40.4 Å². The molecule has 0 aliphatic rings. The highest BCUT2D eigenvalue weighted by Crippen LogP contribution is 2.50. The Hall–Kier alpha value is -7.63. The number of nitrogens with zero attached hydrogens (tertiary/aromatic N) is 5. The predicted octanol–water partition coefficient (Wildman–Crippen LogP) is 12.9. The van der Waals surface area contributed by atoms with Crippen LogP contribution >= 0.6 is 0 Å². The topological polar surface area (TPSA) is 48.5 Å². The number of para-hydroxylation sites is 3. The summed E-state index contributed by atoms with van der Waals surface area (Å²) in [7, 11) is 0. The van der Waals surface area contributed by atoms with E-state index in [1.165, 1.54) is 54.1 Å². The number of rotatable bonds is 4. The number of aromatic nitrogens is 5. The minimum atomic E-state index is 0.581. The van der Waals surface area contributed by atoms with Crippen LogP contribution in [0.2, 0.25) is 0 Å². The third-order valence-corrected chi connectivity index (χ3v) is 11.3. The van der Waals surface area contributed by atoms with E-state index >= 15 is 0 Å². The van der Waals surface area contributed by atoms with Gasteiger partial charge in [-0.2, -0.15) is 9.97 Å². The van der Waals surface area contributed by atoms with Crippen molar-refractivity contribution in [3.05, 3.63) is 188 Å². The van der Waals surface area contributed by atoms with Crippen LogP contribution in [0.25, 0.3) is 110 Å². The summed E-state index contributed by atoms with van der Waals surface area (Å²) in [6, 6.07) is 66.5. The summed E-state index contributed by atoms with van der Waals surface area (Å²) in [5, 5.41) is 12.0. The molecule has 0 bridgehead atoms. The van der Waals surface area contributed by atoms with Crippen molar-refractivity contribution in [2.75, 3.05) is 0 Å². The fraction of sp³-hybridized carbons (Fsp3) is 0. The third-order valence-electron chi connectivity index (χ3n) is 11.3. The van der Waals surface area contributed by atoms with Crippen LogP contribution in [-0.2, 0) is 0 Å². The highest BCUT2D eigenvalue weighted by Gasteiger charge is 2.26. The van der Waals surface area contributed by atoms with Crippen molar-refractivity contribution in [2.45, 2.75) is 0 Å². The van der Waals surface area contributed by atoms with Gasteiger partial charge in [0.1, 0.15) is 0 Å². The molecule has 0 amide bonds. The first-order valence-electron chi connectivity index (χ1n) is 19.0. The molecular weight excluding hydrogens is 683 g/mol. The van der Waals surface area contributed by atoms with Gasteiger partial charge in [0.25, 0.3) is 0 Å². The monoisotopic (exact) mass is 713 g/mol. The first kappa shape index (κ1) is 30.8. The Morgan fingerprint density at radius 3 is 1.20 bits per heavy atom. The molecule has 0 unspecified atom stereocenters. The second-order valence-corrected chi connectivity index (χ2v) is 14.3. The SMILES string of the molecule is c1ccc(-c2nc(-c3ccccc3)nc(-n3c4ccccc4c4c5c(c6ccccc6c6c5c5ccccc5n6-c5ccccc5)c5ccccc5c43)n2)cc1. The van der Waals surface area contributed by atoms with Crippen molar-refractivity contribution < 1.29 is 0 Å². The lowest BCUT2D eigenvalue weighted by Gasteiger charge is -2.16. The van der Waals surface area contributed by atoms with E-state index in [1.807, 2.05) is 36.4 Å². The first-order valence-corrected chi connectivity index (χ1v) is 19.0. The Labute approximate surface area is 321 Å². The second kappa shape index (κ2) is 11.9.